The normalized spacial score (nSPS) is 11.9. The van der Waals surface area contributed by atoms with E-state index in [0.29, 0.717) is 18.4 Å². The van der Waals surface area contributed by atoms with Gasteiger partial charge >= 0.3 is 5.97 Å². The van der Waals surface area contributed by atoms with Gasteiger partial charge in [-0.25, -0.2) is 4.79 Å². The van der Waals surface area contributed by atoms with Gasteiger partial charge in [0, 0.05) is 5.56 Å². The highest BCUT2D eigenvalue weighted by atomic mass is 16.4. The first-order valence-electron chi connectivity index (χ1n) is 6.06. The first-order chi connectivity index (χ1) is 8.45. The molecule has 0 saturated carbocycles. The molecule has 98 valence electrons. The van der Waals surface area contributed by atoms with Crippen molar-refractivity contribution in [3.63, 3.8) is 0 Å². The number of rotatable bonds is 5. The number of carbonyl (C=O) groups is 2. The fourth-order valence-corrected chi connectivity index (χ4v) is 1.76. The summed E-state index contributed by atoms with van der Waals surface area (Å²) in [6.07, 6.45) is 1.15. The average Bonchev–Trinajstić information content (AvgIpc) is 2.31. The first-order valence-corrected chi connectivity index (χ1v) is 6.06. The predicted molar refractivity (Wildman–Crippen MR) is 69.7 cm³/mol. The van der Waals surface area contributed by atoms with Crippen molar-refractivity contribution in [3.05, 3.63) is 34.9 Å². The van der Waals surface area contributed by atoms with Crippen LogP contribution in [0, 0.1) is 13.8 Å². The molecule has 1 aromatic rings. The maximum atomic E-state index is 12.0. The lowest BCUT2D eigenvalue weighted by Crippen LogP contribution is -2.40. The molecule has 18 heavy (non-hydrogen) atoms. The van der Waals surface area contributed by atoms with Gasteiger partial charge in [-0.2, -0.15) is 0 Å². The molecule has 0 heterocycles. The molecule has 0 saturated heterocycles. The summed E-state index contributed by atoms with van der Waals surface area (Å²) in [6, 6.07) is 4.74. The monoisotopic (exact) mass is 249 g/mol. The Bertz CT molecular complexity index is 454. The number of hydrogen-bond donors (Lipinski definition) is 2. The van der Waals surface area contributed by atoms with Crippen LogP contribution < -0.4 is 5.32 Å². The van der Waals surface area contributed by atoms with Gasteiger partial charge in [0.2, 0.25) is 0 Å². The summed E-state index contributed by atoms with van der Waals surface area (Å²) in [5.74, 6) is -1.31. The van der Waals surface area contributed by atoms with Gasteiger partial charge in [-0.1, -0.05) is 31.0 Å². The van der Waals surface area contributed by atoms with Crippen LogP contribution in [-0.2, 0) is 4.79 Å². The molecule has 0 spiro atoms. The van der Waals surface area contributed by atoms with Crippen LogP contribution in [0.2, 0.25) is 0 Å². The van der Waals surface area contributed by atoms with Crippen molar-refractivity contribution in [2.45, 2.75) is 39.7 Å². The Morgan fingerprint density at radius 2 is 2.00 bits per heavy atom. The zero-order valence-electron chi connectivity index (χ0n) is 11.0. The van der Waals surface area contributed by atoms with E-state index in [1.54, 1.807) is 6.07 Å². The van der Waals surface area contributed by atoms with Gasteiger partial charge in [-0.3, -0.25) is 4.79 Å². The Balaban J connectivity index is 2.86. The van der Waals surface area contributed by atoms with Crippen molar-refractivity contribution < 1.29 is 14.7 Å². The van der Waals surface area contributed by atoms with Gasteiger partial charge < -0.3 is 10.4 Å². The summed E-state index contributed by atoms with van der Waals surface area (Å²) >= 11 is 0. The van der Waals surface area contributed by atoms with E-state index in [4.69, 9.17) is 5.11 Å². The topological polar surface area (TPSA) is 66.4 Å². The van der Waals surface area contributed by atoms with E-state index in [9.17, 15) is 9.59 Å². The fraction of sp³-hybridized carbons (Fsp3) is 0.429. The van der Waals surface area contributed by atoms with Gasteiger partial charge in [-0.05, 0) is 31.9 Å². The smallest absolute Gasteiger partial charge is 0.326 e. The van der Waals surface area contributed by atoms with Crippen molar-refractivity contribution in [1.82, 2.24) is 5.32 Å². The third kappa shape index (κ3) is 3.58. The van der Waals surface area contributed by atoms with Gasteiger partial charge in [0.15, 0.2) is 0 Å². The molecule has 0 aliphatic rings. The summed E-state index contributed by atoms with van der Waals surface area (Å²) in [4.78, 5) is 23.0. The van der Waals surface area contributed by atoms with E-state index in [1.807, 2.05) is 32.9 Å². The van der Waals surface area contributed by atoms with Crippen LogP contribution in [0.5, 0.6) is 0 Å². The van der Waals surface area contributed by atoms with Crippen LogP contribution in [0.3, 0.4) is 0 Å². The highest BCUT2D eigenvalue weighted by Gasteiger charge is 2.20. The Hall–Kier alpha value is -1.84. The Morgan fingerprint density at radius 3 is 2.56 bits per heavy atom. The molecule has 0 fully saturated rings. The first kappa shape index (κ1) is 14.2. The molecular weight excluding hydrogens is 230 g/mol. The van der Waals surface area contributed by atoms with Crippen molar-refractivity contribution in [2.75, 3.05) is 0 Å². The number of carbonyl (C=O) groups excluding carboxylic acids is 1. The SMILES string of the molecule is CCCC(NC(=O)c1cc(C)ccc1C)C(=O)O. The minimum atomic E-state index is -0.990. The number of carboxylic acids is 1. The Kier molecular flexibility index (Phi) is 4.89. The van der Waals surface area contributed by atoms with Crippen molar-refractivity contribution in [2.24, 2.45) is 0 Å². The molecule has 0 aliphatic heterocycles. The Labute approximate surface area is 107 Å². The third-order valence-electron chi connectivity index (χ3n) is 2.82. The number of nitrogens with one attached hydrogen (secondary N) is 1. The van der Waals surface area contributed by atoms with Crippen LogP contribution in [0.4, 0.5) is 0 Å². The largest absolute Gasteiger partial charge is 0.480 e. The molecule has 4 heteroatoms. The zero-order valence-corrected chi connectivity index (χ0v) is 11.0. The molecular formula is C14H19NO3. The van der Waals surface area contributed by atoms with Crippen LogP contribution >= 0.6 is 0 Å². The van der Waals surface area contributed by atoms with Crippen LogP contribution in [0.15, 0.2) is 18.2 Å². The van der Waals surface area contributed by atoms with Crippen LogP contribution in [-0.4, -0.2) is 23.0 Å². The van der Waals surface area contributed by atoms with Gasteiger partial charge in [0.25, 0.3) is 5.91 Å². The summed E-state index contributed by atoms with van der Waals surface area (Å²) < 4.78 is 0. The summed E-state index contributed by atoms with van der Waals surface area (Å²) in [6.45, 7) is 5.63. The van der Waals surface area contributed by atoms with Crippen molar-refractivity contribution in [1.29, 1.82) is 0 Å². The highest BCUT2D eigenvalue weighted by Crippen LogP contribution is 2.11. The molecule has 1 amide bonds. The van der Waals surface area contributed by atoms with E-state index in [0.717, 1.165) is 11.1 Å². The quantitative estimate of drug-likeness (QED) is 0.841. The number of carboxylic acid groups (broad SMARTS) is 1. The molecule has 0 radical (unpaired) electrons. The maximum Gasteiger partial charge on any atom is 0.326 e. The van der Waals surface area contributed by atoms with E-state index in [1.165, 1.54) is 0 Å². The molecule has 0 bridgehead atoms. The number of benzene rings is 1. The molecule has 1 aromatic carbocycles. The van der Waals surface area contributed by atoms with Crippen LogP contribution in [0.25, 0.3) is 0 Å². The van der Waals surface area contributed by atoms with E-state index in [2.05, 4.69) is 5.32 Å². The predicted octanol–water partition coefficient (Wildman–Crippen LogP) is 2.29. The fourth-order valence-electron chi connectivity index (χ4n) is 1.76. The summed E-state index contributed by atoms with van der Waals surface area (Å²) in [5, 5.41) is 11.6. The standard InChI is InChI=1S/C14H19NO3/c1-4-5-12(14(17)18)15-13(16)11-8-9(2)6-7-10(11)3/h6-8,12H,4-5H2,1-3H3,(H,15,16)(H,17,18). The second kappa shape index (κ2) is 6.19. The van der Waals surface area contributed by atoms with Crippen LogP contribution in [0.1, 0.15) is 41.3 Å². The lowest BCUT2D eigenvalue weighted by atomic mass is 10.0. The van der Waals surface area contributed by atoms with Crippen molar-refractivity contribution >= 4 is 11.9 Å². The third-order valence-corrected chi connectivity index (χ3v) is 2.82. The summed E-state index contributed by atoms with van der Waals surface area (Å²) in [7, 11) is 0. The van der Waals surface area contributed by atoms with E-state index < -0.39 is 12.0 Å². The molecule has 0 aromatic heterocycles. The van der Waals surface area contributed by atoms with Gasteiger partial charge in [-0.15, -0.1) is 0 Å². The molecule has 4 nitrogen and oxygen atoms in total. The molecule has 0 aliphatic carbocycles. The lowest BCUT2D eigenvalue weighted by Gasteiger charge is -2.14. The van der Waals surface area contributed by atoms with Crippen molar-refractivity contribution in [3.8, 4) is 0 Å². The molecule has 1 atom stereocenters. The minimum absolute atomic E-state index is 0.322. The number of aryl methyl sites for hydroxylation is 2. The highest BCUT2D eigenvalue weighted by molar-refractivity contribution is 5.97. The second-order valence-corrected chi connectivity index (χ2v) is 4.47. The maximum absolute atomic E-state index is 12.0. The van der Waals surface area contributed by atoms with Gasteiger partial charge in [0.05, 0.1) is 0 Å². The average molecular weight is 249 g/mol. The van der Waals surface area contributed by atoms with E-state index in [-0.39, 0.29) is 5.91 Å². The summed E-state index contributed by atoms with van der Waals surface area (Å²) in [5.41, 5.74) is 2.37. The molecule has 1 rings (SSSR count). The number of hydrogen-bond acceptors (Lipinski definition) is 2. The number of amides is 1. The zero-order chi connectivity index (χ0) is 13.7. The second-order valence-electron chi connectivity index (χ2n) is 4.47. The molecule has 2 N–H and O–H groups in total. The Morgan fingerprint density at radius 1 is 1.33 bits per heavy atom. The number of aliphatic carboxylic acids is 1. The molecule has 1 unspecified atom stereocenters. The minimum Gasteiger partial charge on any atom is -0.480 e. The van der Waals surface area contributed by atoms with E-state index >= 15 is 0 Å². The lowest BCUT2D eigenvalue weighted by molar-refractivity contribution is -0.139. The van der Waals surface area contributed by atoms with Gasteiger partial charge in [0.1, 0.15) is 6.04 Å².